The van der Waals surface area contributed by atoms with Crippen LogP contribution in [0.25, 0.3) is 66.4 Å². The first-order chi connectivity index (χ1) is 28.8. The van der Waals surface area contributed by atoms with Gasteiger partial charge in [0.25, 0.3) is 0 Å². The third-order valence-corrected chi connectivity index (χ3v) is 13.3. The molecule has 1 nitrogen and oxygen atoms in total. The highest BCUT2D eigenvalue weighted by atomic mass is 15.1. The zero-order valence-corrected chi connectivity index (χ0v) is 34.0. The van der Waals surface area contributed by atoms with Crippen LogP contribution in [-0.4, -0.2) is 0 Å². The second kappa shape index (κ2) is 13.3. The normalized spacial score (nSPS) is 14.0. The summed E-state index contributed by atoms with van der Waals surface area (Å²) in [5.74, 6) is 0. The Hall–Kier alpha value is -6.96. The first-order valence-corrected chi connectivity index (χ1v) is 20.8. The third kappa shape index (κ3) is 5.53. The summed E-state index contributed by atoms with van der Waals surface area (Å²) in [5, 5.41) is 2.52. The van der Waals surface area contributed by atoms with Gasteiger partial charge < -0.3 is 4.90 Å². The lowest BCUT2D eigenvalue weighted by Gasteiger charge is -2.28. The molecule has 0 aromatic heterocycles. The Morgan fingerprint density at radius 2 is 0.831 bits per heavy atom. The minimum absolute atomic E-state index is 0.0761. The molecule has 11 rings (SSSR count). The Morgan fingerprint density at radius 1 is 0.305 bits per heavy atom. The maximum Gasteiger partial charge on any atom is 0.0465 e. The standard InChI is InChI=1S/C58H45N/c1-57(2)53-35-28-42(36-51(53)56-48(21-13-23-54(56)57)40-14-6-5-7-15-40)38-24-29-43(30-25-38)59(45-33-34-50-49-19-10-11-22-52(49)58(3,4)55(50)37-45)44-31-26-41(27-32-44)47-20-12-17-39-16-8-9-18-46(39)47/h5-37H,1-4H3. The van der Waals surface area contributed by atoms with E-state index in [4.69, 9.17) is 0 Å². The summed E-state index contributed by atoms with van der Waals surface area (Å²) < 4.78 is 0. The van der Waals surface area contributed by atoms with E-state index in [1.807, 2.05) is 0 Å². The zero-order valence-electron chi connectivity index (χ0n) is 34.0. The molecule has 1 heteroatoms. The molecular formula is C58H45N. The van der Waals surface area contributed by atoms with Crippen LogP contribution >= 0.6 is 0 Å². The molecule has 0 heterocycles. The predicted molar refractivity (Wildman–Crippen MR) is 250 cm³/mol. The third-order valence-electron chi connectivity index (χ3n) is 13.3. The van der Waals surface area contributed by atoms with E-state index < -0.39 is 0 Å². The predicted octanol–water partition coefficient (Wildman–Crippen LogP) is 15.9. The fourth-order valence-electron chi connectivity index (χ4n) is 10.2. The maximum absolute atomic E-state index is 2.42. The van der Waals surface area contributed by atoms with E-state index >= 15 is 0 Å². The van der Waals surface area contributed by atoms with Gasteiger partial charge in [0.2, 0.25) is 0 Å². The lowest BCUT2D eigenvalue weighted by atomic mass is 9.81. The van der Waals surface area contributed by atoms with Crippen molar-refractivity contribution in [2.45, 2.75) is 38.5 Å². The van der Waals surface area contributed by atoms with Gasteiger partial charge in [0.05, 0.1) is 0 Å². The van der Waals surface area contributed by atoms with Crippen LogP contribution in [0.15, 0.2) is 200 Å². The molecule has 0 saturated heterocycles. The fourth-order valence-corrected chi connectivity index (χ4v) is 10.2. The molecule has 59 heavy (non-hydrogen) atoms. The molecule has 0 atom stereocenters. The lowest BCUT2D eigenvalue weighted by molar-refractivity contribution is 0.660. The molecule has 9 aromatic rings. The van der Waals surface area contributed by atoms with Crippen LogP contribution in [0.1, 0.15) is 49.9 Å². The van der Waals surface area contributed by atoms with E-state index in [9.17, 15) is 0 Å². The number of rotatable bonds is 6. The summed E-state index contributed by atoms with van der Waals surface area (Å²) >= 11 is 0. The highest BCUT2D eigenvalue weighted by Gasteiger charge is 2.38. The van der Waals surface area contributed by atoms with Gasteiger partial charge in [-0.3, -0.25) is 0 Å². The van der Waals surface area contributed by atoms with Crippen molar-refractivity contribution in [2.24, 2.45) is 0 Å². The molecule has 0 saturated carbocycles. The molecule has 0 radical (unpaired) electrons. The molecule has 2 aliphatic rings. The summed E-state index contributed by atoms with van der Waals surface area (Å²) in [6.07, 6.45) is 0. The second-order valence-corrected chi connectivity index (χ2v) is 17.3. The molecule has 0 spiro atoms. The molecule has 0 N–H and O–H groups in total. The lowest BCUT2D eigenvalue weighted by Crippen LogP contribution is -2.16. The maximum atomic E-state index is 2.42. The van der Waals surface area contributed by atoms with Gasteiger partial charge in [-0.1, -0.05) is 185 Å². The van der Waals surface area contributed by atoms with E-state index in [0.29, 0.717) is 0 Å². The summed E-state index contributed by atoms with van der Waals surface area (Å²) in [6, 6.07) is 74.2. The average Bonchev–Trinajstić information content (AvgIpc) is 3.66. The van der Waals surface area contributed by atoms with E-state index in [1.165, 1.54) is 88.7 Å². The number of anilines is 3. The molecular weight excluding hydrogens is 711 g/mol. The van der Waals surface area contributed by atoms with Crippen molar-refractivity contribution in [2.75, 3.05) is 4.90 Å². The Labute approximate surface area is 347 Å². The van der Waals surface area contributed by atoms with Crippen LogP contribution in [-0.2, 0) is 10.8 Å². The minimum Gasteiger partial charge on any atom is -0.310 e. The van der Waals surface area contributed by atoms with Gasteiger partial charge in [0, 0.05) is 27.9 Å². The van der Waals surface area contributed by atoms with Gasteiger partial charge >= 0.3 is 0 Å². The van der Waals surface area contributed by atoms with E-state index in [0.717, 1.165) is 17.1 Å². The van der Waals surface area contributed by atoms with Crippen LogP contribution < -0.4 is 4.90 Å². The molecule has 0 aliphatic heterocycles. The molecule has 0 unspecified atom stereocenters. The summed E-state index contributed by atoms with van der Waals surface area (Å²) in [5.41, 5.74) is 21.6. The topological polar surface area (TPSA) is 3.24 Å². The van der Waals surface area contributed by atoms with Crippen LogP contribution in [0.5, 0.6) is 0 Å². The first-order valence-electron chi connectivity index (χ1n) is 20.8. The Morgan fingerprint density at radius 3 is 1.63 bits per heavy atom. The quantitative estimate of drug-likeness (QED) is 0.163. The van der Waals surface area contributed by atoms with E-state index in [1.54, 1.807) is 0 Å². The number of fused-ring (bicyclic) bond motifs is 7. The SMILES string of the molecule is CC1(C)c2ccccc2-c2ccc(N(c3ccc(-c4ccc5c(c4)-c4c(-c6ccccc6)cccc4C5(C)C)cc3)c3ccc(-c4cccc5ccccc45)cc3)cc21. The van der Waals surface area contributed by atoms with Gasteiger partial charge in [0.15, 0.2) is 0 Å². The van der Waals surface area contributed by atoms with Gasteiger partial charge in [-0.2, -0.15) is 0 Å². The molecule has 0 amide bonds. The van der Waals surface area contributed by atoms with Gasteiger partial charge in [-0.05, 0) is 131 Å². The second-order valence-electron chi connectivity index (χ2n) is 17.3. The number of benzene rings is 9. The first kappa shape index (κ1) is 35.2. The van der Waals surface area contributed by atoms with Gasteiger partial charge in [0.1, 0.15) is 0 Å². The van der Waals surface area contributed by atoms with Crippen molar-refractivity contribution in [3.8, 4) is 55.6 Å². The van der Waals surface area contributed by atoms with Crippen molar-refractivity contribution >= 4 is 27.8 Å². The highest BCUT2D eigenvalue weighted by molar-refractivity contribution is 5.97. The fraction of sp³-hybridized carbons (Fsp3) is 0.103. The zero-order chi connectivity index (χ0) is 39.9. The highest BCUT2D eigenvalue weighted by Crippen LogP contribution is 2.54. The van der Waals surface area contributed by atoms with Crippen molar-refractivity contribution < 1.29 is 0 Å². The summed E-state index contributed by atoms with van der Waals surface area (Å²) in [6.45, 7) is 9.45. The van der Waals surface area contributed by atoms with E-state index in [2.05, 4.69) is 233 Å². The van der Waals surface area contributed by atoms with Crippen molar-refractivity contribution in [3.05, 3.63) is 222 Å². The number of hydrogen-bond donors (Lipinski definition) is 0. The molecule has 0 fully saturated rings. The van der Waals surface area contributed by atoms with Crippen LogP contribution in [0, 0.1) is 0 Å². The van der Waals surface area contributed by atoms with Crippen molar-refractivity contribution in [3.63, 3.8) is 0 Å². The smallest absolute Gasteiger partial charge is 0.0465 e. The largest absolute Gasteiger partial charge is 0.310 e. The molecule has 2 aliphatic carbocycles. The van der Waals surface area contributed by atoms with Crippen LogP contribution in [0.3, 0.4) is 0 Å². The van der Waals surface area contributed by atoms with E-state index in [-0.39, 0.29) is 10.8 Å². The van der Waals surface area contributed by atoms with Gasteiger partial charge in [-0.25, -0.2) is 0 Å². The summed E-state index contributed by atoms with van der Waals surface area (Å²) in [4.78, 5) is 2.42. The monoisotopic (exact) mass is 755 g/mol. The van der Waals surface area contributed by atoms with Crippen molar-refractivity contribution in [1.82, 2.24) is 0 Å². The molecule has 9 aromatic carbocycles. The van der Waals surface area contributed by atoms with Crippen molar-refractivity contribution in [1.29, 1.82) is 0 Å². The Balaban J connectivity index is 1.01. The molecule has 282 valence electrons. The Bertz CT molecular complexity index is 3070. The van der Waals surface area contributed by atoms with Crippen LogP contribution in [0.4, 0.5) is 17.1 Å². The summed E-state index contributed by atoms with van der Waals surface area (Å²) in [7, 11) is 0. The number of nitrogens with zero attached hydrogens (tertiary/aromatic N) is 1. The average molecular weight is 756 g/mol. The van der Waals surface area contributed by atoms with Gasteiger partial charge in [-0.15, -0.1) is 0 Å². The minimum atomic E-state index is -0.100. The Kier molecular flexibility index (Phi) is 7.94. The van der Waals surface area contributed by atoms with Crippen LogP contribution in [0.2, 0.25) is 0 Å². The number of hydrogen-bond acceptors (Lipinski definition) is 1. The molecule has 0 bridgehead atoms.